The molecule has 0 spiro atoms. The molecule has 0 bridgehead atoms. The van der Waals surface area contributed by atoms with Gasteiger partial charge < -0.3 is 4.90 Å². The summed E-state index contributed by atoms with van der Waals surface area (Å²) in [6.07, 6.45) is 5.90. The lowest BCUT2D eigenvalue weighted by Crippen LogP contribution is -2.40. The number of aromatic nitrogens is 4. The van der Waals surface area contributed by atoms with E-state index in [4.69, 9.17) is 0 Å². The van der Waals surface area contributed by atoms with E-state index in [9.17, 15) is 4.79 Å². The van der Waals surface area contributed by atoms with Gasteiger partial charge in [0.1, 0.15) is 6.54 Å². The smallest absolute Gasteiger partial charge is 0.244 e. The molecule has 3 rings (SSSR count). The van der Waals surface area contributed by atoms with Crippen LogP contribution in [-0.2, 0) is 11.3 Å². The highest BCUT2D eigenvalue weighted by atomic mass is 16.2. The zero-order valence-electron chi connectivity index (χ0n) is 13.8. The Morgan fingerprint density at radius 1 is 1.22 bits per heavy atom. The Hall–Kier alpha value is -2.24. The van der Waals surface area contributed by atoms with Crippen molar-refractivity contribution in [2.45, 2.75) is 51.6 Å². The van der Waals surface area contributed by atoms with Crippen LogP contribution in [0, 0.1) is 6.92 Å². The normalized spacial score (nSPS) is 15.6. The Bertz CT molecular complexity index is 658. The van der Waals surface area contributed by atoms with Crippen molar-refractivity contribution in [3.05, 3.63) is 29.8 Å². The van der Waals surface area contributed by atoms with Crippen molar-refractivity contribution in [2.24, 2.45) is 0 Å². The summed E-state index contributed by atoms with van der Waals surface area (Å²) in [5.41, 5.74) is 2.11. The van der Waals surface area contributed by atoms with E-state index in [0.29, 0.717) is 11.9 Å². The van der Waals surface area contributed by atoms with Crippen LogP contribution in [0.1, 0.15) is 37.7 Å². The lowest BCUT2D eigenvalue weighted by Gasteiger charge is -2.31. The topological polar surface area (TPSA) is 63.9 Å². The Balaban J connectivity index is 1.72. The van der Waals surface area contributed by atoms with Crippen molar-refractivity contribution in [2.75, 3.05) is 7.05 Å². The minimum absolute atomic E-state index is 0.0672. The fraction of sp³-hybridized carbons (Fsp3) is 0.529. The molecular weight excluding hydrogens is 290 g/mol. The Morgan fingerprint density at radius 3 is 2.61 bits per heavy atom. The van der Waals surface area contributed by atoms with E-state index in [2.05, 4.69) is 15.5 Å². The maximum atomic E-state index is 12.6. The Kier molecular flexibility index (Phi) is 4.69. The van der Waals surface area contributed by atoms with Crippen LogP contribution >= 0.6 is 0 Å². The quantitative estimate of drug-likeness (QED) is 0.869. The van der Waals surface area contributed by atoms with Gasteiger partial charge in [0.15, 0.2) is 5.82 Å². The molecule has 1 heterocycles. The van der Waals surface area contributed by atoms with Crippen LogP contribution in [0.2, 0.25) is 0 Å². The summed E-state index contributed by atoms with van der Waals surface area (Å²) < 4.78 is 1.59. The van der Waals surface area contributed by atoms with E-state index >= 15 is 0 Å². The van der Waals surface area contributed by atoms with E-state index in [1.165, 1.54) is 24.8 Å². The molecule has 6 nitrogen and oxygen atoms in total. The fourth-order valence-corrected chi connectivity index (χ4v) is 3.13. The summed E-state index contributed by atoms with van der Waals surface area (Å²) >= 11 is 0. The molecule has 0 aliphatic heterocycles. The van der Waals surface area contributed by atoms with Gasteiger partial charge in [-0.15, -0.1) is 5.10 Å². The van der Waals surface area contributed by atoms with Gasteiger partial charge in [-0.25, -0.2) is 4.68 Å². The molecule has 1 aliphatic rings. The summed E-state index contributed by atoms with van der Waals surface area (Å²) in [7, 11) is 1.90. The molecule has 1 aliphatic carbocycles. The third kappa shape index (κ3) is 3.57. The number of tetrazole rings is 1. The van der Waals surface area contributed by atoms with E-state index in [1.54, 1.807) is 4.68 Å². The summed E-state index contributed by atoms with van der Waals surface area (Å²) in [5, 5.41) is 11.8. The first kappa shape index (κ1) is 15.6. The molecule has 0 radical (unpaired) electrons. The van der Waals surface area contributed by atoms with Gasteiger partial charge in [0, 0.05) is 18.7 Å². The van der Waals surface area contributed by atoms with Crippen LogP contribution in [0.3, 0.4) is 0 Å². The third-order valence-corrected chi connectivity index (χ3v) is 4.64. The summed E-state index contributed by atoms with van der Waals surface area (Å²) in [4.78, 5) is 14.4. The number of aryl methyl sites for hydroxylation is 1. The number of hydrogen-bond acceptors (Lipinski definition) is 4. The summed E-state index contributed by atoms with van der Waals surface area (Å²) in [5.74, 6) is 0.702. The van der Waals surface area contributed by atoms with E-state index in [-0.39, 0.29) is 12.5 Å². The Morgan fingerprint density at radius 2 is 1.91 bits per heavy atom. The number of carbonyl (C=O) groups is 1. The predicted molar refractivity (Wildman–Crippen MR) is 87.6 cm³/mol. The van der Waals surface area contributed by atoms with Gasteiger partial charge in [0.2, 0.25) is 5.91 Å². The molecule has 1 fully saturated rings. The molecule has 1 saturated carbocycles. The third-order valence-electron chi connectivity index (χ3n) is 4.64. The van der Waals surface area contributed by atoms with Gasteiger partial charge in [-0.05, 0) is 30.2 Å². The lowest BCUT2D eigenvalue weighted by molar-refractivity contribution is -0.133. The minimum atomic E-state index is 0.0672. The molecule has 1 aromatic carbocycles. The van der Waals surface area contributed by atoms with Gasteiger partial charge in [-0.1, -0.05) is 49.1 Å². The van der Waals surface area contributed by atoms with Crippen LogP contribution in [0.5, 0.6) is 0 Å². The first-order valence-electron chi connectivity index (χ1n) is 8.24. The Labute approximate surface area is 136 Å². The molecule has 122 valence electrons. The standard InChI is InChI=1S/C17H23N5O/c1-13-8-10-14(11-9-13)17-18-19-20-22(17)12-16(23)21(2)15-6-4-3-5-7-15/h8-11,15H,3-7,12H2,1-2H3. The zero-order chi connectivity index (χ0) is 16.2. The first-order valence-corrected chi connectivity index (χ1v) is 8.24. The van der Waals surface area contributed by atoms with Crippen molar-refractivity contribution < 1.29 is 4.79 Å². The number of benzene rings is 1. The molecular formula is C17H23N5O. The maximum Gasteiger partial charge on any atom is 0.244 e. The number of rotatable bonds is 4. The van der Waals surface area contributed by atoms with Crippen molar-refractivity contribution in [1.82, 2.24) is 25.1 Å². The van der Waals surface area contributed by atoms with E-state index in [1.807, 2.05) is 43.1 Å². The van der Waals surface area contributed by atoms with Crippen molar-refractivity contribution in [3.63, 3.8) is 0 Å². The van der Waals surface area contributed by atoms with Crippen LogP contribution in [0.4, 0.5) is 0 Å². The zero-order valence-corrected chi connectivity index (χ0v) is 13.8. The molecule has 1 amide bonds. The molecule has 2 aromatic rings. The highest BCUT2D eigenvalue weighted by Crippen LogP contribution is 2.22. The van der Waals surface area contributed by atoms with Crippen molar-refractivity contribution in [3.8, 4) is 11.4 Å². The highest BCUT2D eigenvalue weighted by molar-refractivity contribution is 5.76. The predicted octanol–water partition coefficient (Wildman–Crippen LogP) is 2.44. The molecule has 0 N–H and O–H groups in total. The lowest BCUT2D eigenvalue weighted by atomic mass is 9.94. The second-order valence-electron chi connectivity index (χ2n) is 6.32. The van der Waals surface area contributed by atoms with Crippen LogP contribution < -0.4 is 0 Å². The average Bonchev–Trinajstić information content (AvgIpc) is 3.03. The van der Waals surface area contributed by atoms with Gasteiger partial charge in [0.05, 0.1) is 0 Å². The molecule has 0 saturated heterocycles. The van der Waals surface area contributed by atoms with E-state index in [0.717, 1.165) is 18.4 Å². The fourth-order valence-electron chi connectivity index (χ4n) is 3.13. The maximum absolute atomic E-state index is 12.6. The SMILES string of the molecule is Cc1ccc(-c2nnnn2CC(=O)N(C)C2CCCCC2)cc1. The molecule has 0 unspecified atom stereocenters. The van der Waals surface area contributed by atoms with Crippen LogP contribution in [-0.4, -0.2) is 44.1 Å². The number of likely N-dealkylation sites (N-methyl/N-ethyl adjacent to an activating group) is 1. The van der Waals surface area contributed by atoms with Gasteiger partial charge in [-0.3, -0.25) is 4.79 Å². The van der Waals surface area contributed by atoms with Gasteiger partial charge >= 0.3 is 0 Å². The highest BCUT2D eigenvalue weighted by Gasteiger charge is 2.23. The minimum Gasteiger partial charge on any atom is -0.341 e. The average molecular weight is 313 g/mol. The monoisotopic (exact) mass is 313 g/mol. The van der Waals surface area contributed by atoms with Gasteiger partial charge in [0.25, 0.3) is 0 Å². The number of amides is 1. The molecule has 23 heavy (non-hydrogen) atoms. The van der Waals surface area contributed by atoms with E-state index < -0.39 is 0 Å². The molecule has 6 heteroatoms. The summed E-state index contributed by atoms with van der Waals surface area (Å²) in [6.45, 7) is 2.22. The number of nitrogens with zero attached hydrogens (tertiary/aromatic N) is 5. The summed E-state index contributed by atoms with van der Waals surface area (Å²) in [6, 6.07) is 8.35. The van der Waals surface area contributed by atoms with Crippen molar-refractivity contribution in [1.29, 1.82) is 0 Å². The largest absolute Gasteiger partial charge is 0.341 e. The van der Waals surface area contributed by atoms with Crippen LogP contribution in [0.15, 0.2) is 24.3 Å². The second-order valence-corrected chi connectivity index (χ2v) is 6.32. The molecule has 0 atom stereocenters. The number of carbonyl (C=O) groups excluding carboxylic acids is 1. The van der Waals surface area contributed by atoms with Crippen LogP contribution in [0.25, 0.3) is 11.4 Å². The second kappa shape index (κ2) is 6.89. The van der Waals surface area contributed by atoms with Crippen molar-refractivity contribution >= 4 is 5.91 Å². The number of hydrogen-bond donors (Lipinski definition) is 0. The van der Waals surface area contributed by atoms with Gasteiger partial charge in [-0.2, -0.15) is 0 Å². The molecule has 1 aromatic heterocycles. The first-order chi connectivity index (χ1) is 11.1.